The van der Waals surface area contributed by atoms with Gasteiger partial charge >= 0.3 is 0 Å². The van der Waals surface area contributed by atoms with Gasteiger partial charge in [0.25, 0.3) is 0 Å². The Kier molecular flexibility index (Phi) is 6.49. The van der Waals surface area contributed by atoms with Crippen molar-refractivity contribution in [1.29, 1.82) is 0 Å². The maximum absolute atomic E-state index is 13.0. The number of ether oxygens (including phenoxy) is 3. The Balaban J connectivity index is 1.57. The molecular formula is C21H23FN2O4. The minimum Gasteiger partial charge on any atom is -0.496 e. The third-order valence-corrected chi connectivity index (χ3v) is 4.30. The van der Waals surface area contributed by atoms with Crippen molar-refractivity contribution in [2.24, 2.45) is 0 Å². The highest BCUT2D eigenvalue weighted by molar-refractivity contribution is 5.53. The van der Waals surface area contributed by atoms with E-state index in [1.54, 1.807) is 39.7 Å². The van der Waals surface area contributed by atoms with Gasteiger partial charge in [-0.2, -0.15) is 0 Å². The van der Waals surface area contributed by atoms with Gasteiger partial charge in [-0.15, -0.1) is 0 Å². The quantitative estimate of drug-likeness (QED) is 0.564. The highest BCUT2D eigenvalue weighted by atomic mass is 19.1. The van der Waals surface area contributed by atoms with E-state index in [4.69, 9.17) is 18.6 Å². The van der Waals surface area contributed by atoms with Gasteiger partial charge in [0, 0.05) is 36.7 Å². The summed E-state index contributed by atoms with van der Waals surface area (Å²) in [7, 11) is 4.81. The molecule has 3 rings (SSSR count). The summed E-state index contributed by atoms with van der Waals surface area (Å²) in [6.07, 6.45) is 2.32. The molecule has 0 saturated heterocycles. The molecule has 0 radical (unpaired) electrons. The van der Waals surface area contributed by atoms with E-state index in [-0.39, 0.29) is 5.82 Å². The fourth-order valence-corrected chi connectivity index (χ4v) is 2.82. The van der Waals surface area contributed by atoms with Crippen molar-refractivity contribution in [1.82, 2.24) is 10.3 Å². The van der Waals surface area contributed by atoms with Gasteiger partial charge < -0.3 is 23.9 Å². The van der Waals surface area contributed by atoms with Crippen LogP contribution >= 0.6 is 0 Å². The van der Waals surface area contributed by atoms with E-state index in [9.17, 15) is 4.39 Å². The van der Waals surface area contributed by atoms with Crippen molar-refractivity contribution in [3.05, 3.63) is 59.7 Å². The first-order valence-electron chi connectivity index (χ1n) is 8.84. The van der Waals surface area contributed by atoms with Crippen LogP contribution in [0.2, 0.25) is 0 Å². The molecule has 0 saturated carbocycles. The lowest BCUT2D eigenvalue weighted by Crippen LogP contribution is -2.17. The molecule has 0 fully saturated rings. The van der Waals surface area contributed by atoms with E-state index in [2.05, 4.69) is 10.3 Å². The van der Waals surface area contributed by atoms with E-state index in [1.165, 1.54) is 12.1 Å². The number of hydrogen-bond acceptors (Lipinski definition) is 6. The Morgan fingerprint density at radius 3 is 2.32 bits per heavy atom. The van der Waals surface area contributed by atoms with Crippen molar-refractivity contribution < 1.29 is 23.0 Å². The molecule has 148 valence electrons. The van der Waals surface area contributed by atoms with Crippen molar-refractivity contribution >= 4 is 0 Å². The zero-order valence-corrected chi connectivity index (χ0v) is 16.1. The highest BCUT2D eigenvalue weighted by Crippen LogP contribution is 2.34. The van der Waals surface area contributed by atoms with Crippen LogP contribution in [0.4, 0.5) is 4.39 Å². The molecule has 2 aromatic carbocycles. The predicted octanol–water partition coefficient (Wildman–Crippen LogP) is 3.84. The first-order valence-corrected chi connectivity index (χ1v) is 8.84. The molecule has 6 nitrogen and oxygen atoms in total. The van der Waals surface area contributed by atoms with E-state index >= 15 is 0 Å². The molecule has 0 spiro atoms. The number of nitrogens with one attached hydrogen (secondary N) is 1. The van der Waals surface area contributed by atoms with Crippen LogP contribution in [0.1, 0.15) is 11.3 Å². The highest BCUT2D eigenvalue weighted by Gasteiger charge is 2.12. The fourth-order valence-electron chi connectivity index (χ4n) is 2.82. The topological polar surface area (TPSA) is 65.8 Å². The van der Waals surface area contributed by atoms with Gasteiger partial charge in [-0.3, -0.25) is 0 Å². The lowest BCUT2D eigenvalue weighted by molar-refractivity contribution is 0.347. The smallest absolute Gasteiger partial charge is 0.226 e. The molecule has 1 N–H and O–H groups in total. The fraction of sp³-hybridized carbons (Fsp3) is 0.286. The van der Waals surface area contributed by atoms with Gasteiger partial charge in [0.2, 0.25) is 5.89 Å². The Morgan fingerprint density at radius 1 is 0.964 bits per heavy atom. The van der Waals surface area contributed by atoms with Crippen LogP contribution in [0, 0.1) is 5.82 Å². The zero-order valence-electron chi connectivity index (χ0n) is 16.1. The van der Waals surface area contributed by atoms with Crippen molar-refractivity contribution in [2.75, 3.05) is 27.9 Å². The third-order valence-electron chi connectivity index (χ3n) is 4.30. The van der Waals surface area contributed by atoms with Crippen LogP contribution in [0.5, 0.6) is 17.2 Å². The minimum atomic E-state index is -0.287. The molecule has 0 bridgehead atoms. The van der Waals surface area contributed by atoms with Gasteiger partial charge in [0.05, 0.1) is 27.0 Å². The molecule has 28 heavy (non-hydrogen) atoms. The number of rotatable bonds is 9. The SMILES string of the molecule is COc1cc(OC)c(OC)cc1CNCCc1coc(-c2ccc(F)cc2)n1. The molecule has 0 aliphatic carbocycles. The second-order valence-electron chi connectivity index (χ2n) is 6.10. The summed E-state index contributed by atoms with van der Waals surface area (Å²) in [6, 6.07) is 9.77. The molecule has 3 aromatic rings. The maximum Gasteiger partial charge on any atom is 0.226 e. The summed E-state index contributed by atoms with van der Waals surface area (Å²) >= 11 is 0. The Bertz CT molecular complexity index is 909. The van der Waals surface area contributed by atoms with Crippen LogP contribution in [0.25, 0.3) is 11.5 Å². The van der Waals surface area contributed by atoms with E-state index in [0.717, 1.165) is 22.6 Å². The largest absolute Gasteiger partial charge is 0.496 e. The number of benzene rings is 2. The van der Waals surface area contributed by atoms with Gasteiger partial charge in [-0.25, -0.2) is 9.37 Å². The monoisotopic (exact) mass is 386 g/mol. The van der Waals surface area contributed by atoms with Crippen LogP contribution in [0.15, 0.2) is 47.1 Å². The average molecular weight is 386 g/mol. The molecule has 0 aliphatic rings. The zero-order chi connectivity index (χ0) is 19.9. The summed E-state index contributed by atoms with van der Waals surface area (Å²) in [6.45, 7) is 1.30. The van der Waals surface area contributed by atoms with Crippen LogP contribution < -0.4 is 19.5 Å². The summed E-state index contributed by atoms with van der Waals surface area (Å²) in [4.78, 5) is 4.45. The molecule has 0 amide bonds. The standard InChI is InChI=1S/C21H23FN2O4/c1-25-18-11-20(27-3)19(26-2)10-15(18)12-23-9-8-17-13-28-21(24-17)14-4-6-16(22)7-5-14/h4-7,10-11,13,23H,8-9,12H2,1-3H3. The first-order chi connectivity index (χ1) is 13.6. The lowest BCUT2D eigenvalue weighted by atomic mass is 10.1. The Hall–Kier alpha value is -3.06. The molecule has 0 atom stereocenters. The van der Waals surface area contributed by atoms with Crippen LogP contribution in [-0.2, 0) is 13.0 Å². The second kappa shape index (κ2) is 9.23. The Labute approximate surface area is 163 Å². The second-order valence-corrected chi connectivity index (χ2v) is 6.10. The number of nitrogens with zero attached hydrogens (tertiary/aromatic N) is 1. The number of halogens is 1. The molecule has 0 unspecified atom stereocenters. The van der Waals surface area contributed by atoms with E-state index in [1.807, 2.05) is 12.1 Å². The van der Waals surface area contributed by atoms with Crippen molar-refractivity contribution in [3.63, 3.8) is 0 Å². The number of hydrogen-bond donors (Lipinski definition) is 1. The van der Waals surface area contributed by atoms with Gasteiger partial charge in [0.1, 0.15) is 17.8 Å². The molecule has 1 aromatic heterocycles. The van der Waals surface area contributed by atoms with Crippen LogP contribution in [0.3, 0.4) is 0 Å². The summed E-state index contributed by atoms with van der Waals surface area (Å²) in [5.41, 5.74) is 2.54. The molecule has 0 aliphatic heterocycles. The number of methoxy groups -OCH3 is 3. The maximum atomic E-state index is 13.0. The van der Waals surface area contributed by atoms with Gasteiger partial charge in [-0.05, 0) is 30.3 Å². The van der Waals surface area contributed by atoms with Gasteiger partial charge in [0.15, 0.2) is 11.5 Å². The predicted molar refractivity (Wildman–Crippen MR) is 103 cm³/mol. The van der Waals surface area contributed by atoms with E-state index in [0.29, 0.717) is 36.9 Å². The summed E-state index contributed by atoms with van der Waals surface area (Å²) < 4.78 is 34.6. The molecular weight excluding hydrogens is 363 g/mol. The van der Waals surface area contributed by atoms with Gasteiger partial charge in [-0.1, -0.05) is 0 Å². The Morgan fingerprint density at radius 2 is 1.64 bits per heavy atom. The summed E-state index contributed by atoms with van der Waals surface area (Å²) in [5, 5.41) is 3.36. The normalized spacial score (nSPS) is 10.7. The van der Waals surface area contributed by atoms with Crippen LogP contribution in [-0.4, -0.2) is 32.9 Å². The molecule has 1 heterocycles. The van der Waals surface area contributed by atoms with Crippen molar-refractivity contribution in [2.45, 2.75) is 13.0 Å². The average Bonchev–Trinajstić information content (AvgIpc) is 3.20. The molecule has 7 heteroatoms. The lowest BCUT2D eigenvalue weighted by Gasteiger charge is -2.14. The van der Waals surface area contributed by atoms with Crippen molar-refractivity contribution in [3.8, 4) is 28.7 Å². The minimum absolute atomic E-state index is 0.287. The third kappa shape index (κ3) is 4.61. The number of aromatic nitrogens is 1. The number of oxazole rings is 1. The summed E-state index contributed by atoms with van der Waals surface area (Å²) in [5.74, 6) is 2.20. The van der Waals surface area contributed by atoms with E-state index < -0.39 is 0 Å². The first kappa shape index (κ1) is 19.7.